The molecule has 1 amide bonds. The van der Waals surface area contributed by atoms with E-state index in [2.05, 4.69) is 20.2 Å². The van der Waals surface area contributed by atoms with Gasteiger partial charge in [-0.25, -0.2) is 19.6 Å². The summed E-state index contributed by atoms with van der Waals surface area (Å²) in [4.78, 5) is 55.8. The summed E-state index contributed by atoms with van der Waals surface area (Å²) in [6, 6.07) is 7.41. The van der Waals surface area contributed by atoms with Crippen molar-refractivity contribution in [2.45, 2.75) is 72.2 Å². The number of rotatable bonds is 6. The molecule has 3 aromatic heterocycles. The molecule has 222 valence electrons. The molecule has 1 aliphatic heterocycles. The topological polar surface area (TPSA) is 129 Å². The highest BCUT2D eigenvalue weighted by molar-refractivity contribution is 5.77. The van der Waals surface area contributed by atoms with Crippen molar-refractivity contribution in [3.8, 4) is 0 Å². The second-order valence-corrected chi connectivity index (χ2v) is 12.0. The van der Waals surface area contributed by atoms with Gasteiger partial charge in [-0.15, -0.1) is 0 Å². The molecule has 1 atom stereocenters. The van der Waals surface area contributed by atoms with Crippen molar-refractivity contribution in [2.75, 3.05) is 18.0 Å². The van der Waals surface area contributed by atoms with Gasteiger partial charge in [0.2, 0.25) is 5.95 Å². The fourth-order valence-electron chi connectivity index (χ4n) is 5.17. The zero-order chi connectivity index (χ0) is 30.2. The lowest BCUT2D eigenvalue weighted by atomic mass is 10.1. The third kappa shape index (κ3) is 6.07. The molecular formula is C30H38N8O4. The molecule has 1 aliphatic rings. The summed E-state index contributed by atoms with van der Waals surface area (Å²) in [5, 5.41) is 3.85. The fraction of sp³-hybridized carbons (Fsp3) is 0.467. The molecule has 4 heterocycles. The molecule has 12 nitrogen and oxygen atoms in total. The Morgan fingerprint density at radius 1 is 1.14 bits per heavy atom. The Labute approximate surface area is 243 Å². The first-order valence-corrected chi connectivity index (χ1v) is 14.2. The van der Waals surface area contributed by atoms with E-state index in [1.807, 2.05) is 69.5 Å². The Hall–Kier alpha value is -4.48. The van der Waals surface area contributed by atoms with Gasteiger partial charge in [-0.3, -0.25) is 13.9 Å². The molecule has 1 fully saturated rings. The maximum absolute atomic E-state index is 14.0. The van der Waals surface area contributed by atoms with Crippen molar-refractivity contribution >= 4 is 34.1 Å². The molecule has 0 radical (unpaired) electrons. The molecular weight excluding hydrogens is 536 g/mol. The number of aryl methyl sites for hydroxylation is 1. The Morgan fingerprint density at radius 2 is 1.90 bits per heavy atom. The van der Waals surface area contributed by atoms with Crippen LogP contribution in [0.4, 0.5) is 10.7 Å². The van der Waals surface area contributed by atoms with Crippen LogP contribution in [0.1, 0.15) is 53.3 Å². The van der Waals surface area contributed by atoms with Crippen LogP contribution in [0.15, 0.2) is 51.7 Å². The summed E-state index contributed by atoms with van der Waals surface area (Å²) in [5.41, 5.74) is 0.911. The summed E-state index contributed by atoms with van der Waals surface area (Å²) < 4.78 is 9.89. The van der Waals surface area contributed by atoms with Crippen molar-refractivity contribution in [3.05, 3.63) is 68.8 Å². The standard InChI is InChI=1S/C30H38N8O4/c1-19(2)13-15-37-24-25(34-27(37)36-14-9-11-21(17-36)32-28(40)42-30(3,4)5)35(6)29(41)38(26(24)39)18-23-31-16-20-10-7-8-12-22(20)33-23/h7-8,10,12-13,16,21H,9,11,14-15,17-18H2,1-6H3,(H,32,40). The van der Waals surface area contributed by atoms with Gasteiger partial charge < -0.3 is 19.5 Å². The zero-order valence-electron chi connectivity index (χ0n) is 25.0. The van der Waals surface area contributed by atoms with Crippen LogP contribution < -0.4 is 21.5 Å². The van der Waals surface area contributed by atoms with Gasteiger partial charge in [0.05, 0.1) is 12.1 Å². The normalized spacial score (nSPS) is 15.7. The lowest BCUT2D eigenvalue weighted by Crippen LogP contribution is -2.49. The summed E-state index contributed by atoms with van der Waals surface area (Å²) in [5.74, 6) is 0.944. The number of piperidine rings is 1. The van der Waals surface area contributed by atoms with E-state index in [1.165, 1.54) is 9.13 Å². The van der Waals surface area contributed by atoms with Gasteiger partial charge in [0.25, 0.3) is 5.56 Å². The molecule has 1 saturated heterocycles. The number of carbonyl (C=O) groups excluding carboxylic acids is 1. The van der Waals surface area contributed by atoms with Crippen molar-refractivity contribution in [1.82, 2.24) is 34.0 Å². The minimum atomic E-state index is -0.598. The van der Waals surface area contributed by atoms with Crippen LogP contribution in [0.3, 0.4) is 0 Å². The van der Waals surface area contributed by atoms with Crippen molar-refractivity contribution in [1.29, 1.82) is 0 Å². The van der Waals surface area contributed by atoms with E-state index in [9.17, 15) is 14.4 Å². The first-order valence-electron chi connectivity index (χ1n) is 14.2. The van der Waals surface area contributed by atoms with Crippen LogP contribution >= 0.6 is 0 Å². The second-order valence-electron chi connectivity index (χ2n) is 12.0. The number of alkyl carbamates (subject to hydrolysis) is 1. The van der Waals surface area contributed by atoms with Crippen LogP contribution in [0.2, 0.25) is 0 Å². The van der Waals surface area contributed by atoms with Gasteiger partial charge in [-0.05, 0) is 53.5 Å². The van der Waals surface area contributed by atoms with E-state index in [0.717, 1.165) is 29.3 Å². The molecule has 0 bridgehead atoms. The van der Waals surface area contributed by atoms with Crippen molar-refractivity contribution in [2.24, 2.45) is 7.05 Å². The smallest absolute Gasteiger partial charge is 0.407 e. The highest BCUT2D eigenvalue weighted by atomic mass is 16.6. The molecule has 1 N–H and O–H groups in total. The van der Waals surface area contributed by atoms with E-state index < -0.39 is 22.9 Å². The Kier molecular flexibility index (Phi) is 7.89. The van der Waals surface area contributed by atoms with E-state index in [-0.39, 0.29) is 12.6 Å². The van der Waals surface area contributed by atoms with Crippen LogP contribution in [0.5, 0.6) is 0 Å². The van der Waals surface area contributed by atoms with Crippen LogP contribution in [-0.4, -0.2) is 59.5 Å². The largest absolute Gasteiger partial charge is 0.444 e. The number of hydrogen-bond acceptors (Lipinski definition) is 8. The quantitative estimate of drug-likeness (QED) is 0.347. The molecule has 4 aromatic rings. The first kappa shape index (κ1) is 29.0. The Bertz CT molecular complexity index is 1790. The number of nitrogens with one attached hydrogen (secondary N) is 1. The number of allylic oxidation sites excluding steroid dienone is 2. The third-order valence-electron chi connectivity index (χ3n) is 7.16. The second kappa shape index (κ2) is 11.4. The minimum absolute atomic E-state index is 0.0684. The summed E-state index contributed by atoms with van der Waals surface area (Å²) in [7, 11) is 1.62. The number of fused-ring (bicyclic) bond motifs is 2. The van der Waals surface area contributed by atoms with E-state index in [0.29, 0.717) is 42.6 Å². The number of anilines is 1. The Morgan fingerprint density at radius 3 is 2.64 bits per heavy atom. The molecule has 0 spiro atoms. The van der Waals surface area contributed by atoms with E-state index in [4.69, 9.17) is 9.72 Å². The maximum atomic E-state index is 14.0. The molecule has 5 rings (SSSR count). The molecule has 1 unspecified atom stereocenters. The predicted octanol–water partition coefficient (Wildman–Crippen LogP) is 3.35. The summed E-state index contributed by atoms with van der Waals surface area (Å²) >= 11 is 0. The molecule has 1 aromatic carbocycles. The number of aromatic nitrogens is 6. The van der Waals surface area contributed by atoms with Crippen LogP contribution in [0, 0.1) is 0 Å². The monoisotopic (exact) mass is 574 g/mol. The lowest BCUT2D eigenvalue weighted by molar-refractivity contribution is 0.0499. The summed E-state index contributed by atoms with van der Waals surface area (Å²) in [6.07, 6.45) is 4.86. The average molecular weight is 575 g/mol. The van der Waals surface area contributed by atoms with Crippen LogP contribution in [0.25, 0.3) is 22.1 Å². The molecule has 12 heteroatoms. The number of amides is 1. The maximum Gasteiger partial charge on any atom is 0.407 e. The van der Waals surface area contributed by atoms with Gasteiger partial charge in [0.15, 0.2) is 11.2 Å². The van der Waals surface area contributed by atoms with Crippen molar-refractivity contribution < 1.29 is 9.53 Å². The number of imidazole rings is 1. The average Bonchev–Trinajstić information content (AvgIpc) is 3.32. The SMILES string of the molecule is CC(C)=CCn1c(N2CCCC(NC(=O)OC(C)(C)C)C2)nc2c1c(=O)n(Cc1ncc3ccccc3n1)c(=O)n2C. The number of ether oxygens (including phenoxy) is 1. The van der Waals surface area contributed by atoms with E-state index in [1.54, 1.807) is 13.2 Å². The highest BCUT2D eigenvalue weighted by Crippen LogP contribution is 2.24. The van der Waals surface area contributed by atoms with Crippen molar-refractivity contribution in [3.63, 3.8) is 0 Å². The first-order chi connectivity index (χ1) is 19.9. The lowest BCUT2D eigenvalue weighted by Gasteiger charge is -2.34. The molecule has 0 saturated carbocycles. The number of hydrogen-bond donors (Lipinski definition) is 1. The number of benzene rings is 1. The predicted molar refractivity (Wildman–Crippen MR) is 162 cm³/mol. The summed E-state index contributed by atoms with van der Waals surface area (Å²) in [6.45, 7) is 11.0. The fourth-order valence-corrected chi connectivity index (χ4v) is 5.17. The van der Waals surface area contributed by atoms with E-state index >= 15 is 0 Å². The number of para-hydroxylation sites is 1. The molecule has 0 aliphatic carbocycles. The van der Waals surface area contributed by atoms with Gasteiger partial charge in [-0.2, -0.15) is 4.98 Å². The highest BCUT2D eigenvalue weighted by Gasteiger charge is 2.29. The third-order valence-corrected chi connectivity index (χ3v) is 7.16. The zero-order valence-corrected chi connectivity index (χ0v) is 25.0. The van der Waals surface area contributed by atoms with Crippen LogP contribution in [-0.2, 0) is 24.9 Å². The Balaban J connectivity index is 1.55. The van der Waals surface area contributed by atoms with Gasteiger partial charge in [-0.1, -0.05) is 29.8 Å². The van der Waals surface area contributed by atoms with Gasteiger partial charge in [0, 0.05) is 44.3 Å². The number of nitrogens with zero attached hydrogens (tertiary/aromatic N) is 7. The van der Waals surface area contributed by atoms with Gasteiger partial charge in [0.1, 0.15) is 11.4 Å². The van der Waals surface area contributed by atoms with Gasteiger partial charge >= 0.3 is 11.8 Å². The minimum Gasteiger partial charge on any atom is -0.444 e. The number of carbonyl (C=O) groups is 1. The molecule has 42 heavy (non-hydrogen) atoms.